The third kappa shape index (κ3) is 2.24. The predicted octanol–water partition coefficient (Wildman–Crippen LogP) is 3.19. The Labute approximate surface area is 98.0 Å². The number of aromatic nitrogens is 3. The van der Waals surface area contributed by atoms with Crippen molar-refractivity contribution in [3.63, 3.8) is 0 Å². The van der Waals surface area contributed by atoms with E-state index >= 15 is 0 Å². The Morgan fingerprint density at radius 3 is 2.80 bits per heavy atom. The SMILES string of the molecule is CC(Cl)CC(Cl)n1nnc2ccccc21. The van der Waals surface area contributed by atoms with Crippen LogP contribution in [0, 0.1) is 0 Å². The van der Waals surface area contributed by atoms with Gasteiger partial charge in [-0.15, -0.1) is 16.7 Å². The first kappa shape index (κ1) is 10.7. The second-order valence-electron chi connectivity index (χ2n) is 3.47. The fourth-order valence-corrected chi connectivity index (χ4v) is 2.13. The highest BCUT2D eigenvalue weighted by atomic mass is 35.5. The van der Waals surface area contributed by atoms with E-state index < -0.39 is 0 Å². The maximum atomic E-state index is 6.20. The number of halogens is 2. The Bertz CT molecular complexity index is 453. The summed E-state index contributed by atoms with van der Waals surface area (Å²) >= 11 is 12.1. The van der Waals surface area contributed by atoms with Crippen LogP contribution in [0.3, 0.4) is 0 Å². The van der Waals surface area contributed by atoms with Gasteiger partial charge in [0.2, 0.25) is 0 Å². The minimum Gasteiger partial charge on any atom is -0.227 e. The molecule has 0 fully saturated rings. The number of hydrogen-bond donors (Lipinski definition) is 0. The molecule has 2 atom stereocenters. The largest absolute Gasteiger partial charge is 0.227 e. The summed E-state index contributed by atoms with van der Waals surface area (Å²) < 4.78 is 1.70. The van der Waals surface area contributed by atoms with Crippen LogP contribution in [0.2, 0.25) is 0 Å². The molecule has 5 heteroatoms. The molecule has 0 aliphatic rings. The van der Waals surface area contributed by atoms with Crippen LogP contribution in [0.15, 0.2) is 24.3 Å². The normalized spacial score (nSPS) is 15.4. The third-order valence-corrected chi connectivity index (χ3v) is 2.70. The zero-order valence-corrected chi connectivity index (χ0v) is 9.78. The number of hydrogen-bond acceptors (Lipinski definition) is 2. The van der Waals surface area contributed by atoms with Gasteiger partial charge in [-0.3, -0.25) is 0 Å². The molecule has 0 spiro atoms. The molecule has 0 aliphatic heterocycles. The summed E-state index contributed by atoms with van der Waals surface area (Å²) in [6.07, 6.45) is 0.663. The van der Waals surface area contributed by atoms with E-state index in [4.69, 9.17) is 23.2 Å². The molecule has 1 aromatic heterocycles. The maximum Gasteiger partial charge on any atom is 0.129 e. The number of fused-ring (bicyclic) bond motifs is 1. The van der Waals surface area contributed by atoms with Crippen LogP contribution in [-0.4, -0.2) is 20.4 Å². The van der Waals surface area contributed by atoms with Gasteiger partial charge in [-0.1, -0.05) is 28.9 Å². The van der Waals surface area contributed by atoms with Gasteiger partial charge < -0.3 is 0 Å². The average molecular weight is 244 g/mol. The lowest BCUT2D eigenvalue weighted by Gasteiger charge is -2.11. The summed E-state index contributed by atoms with van der Waals surface area (Å²) in [7, 11) is 0. The molecule has 0 saturated heterocycles. The second kappa shape index (κ2) is 4.37. The molecule has 1 aromatic carbocycles. The number of nitrogens with zero attached hydrogens (tertiary/aromatic N) is 3. The Hall–Kier alpha value is -0.800. The second-order valence-corrected chi connectivity index (χ2v) is 4.72. The van der Waals surface area contributed by atoms with Crippen LogP contribution >= 0.6 is 23.2 Å². The fraction of sp³-hybridized carbons (Fsp3) is 0.400. The van der Waals surface area contributed by atoms with Crippen molar-refractivity contribution in [3.8, 4) is 0 Å². The smallest absolute Gasteiger partial charge is 0.129 e. The van der Waals surface area contributed by atoms with Crippen molar-refractivity contribution in [1.82, 2.24) is 15.0 Å². The predicted molar refractivity (Wildman–Crippen MR) is 62.4 cm³/mol. The highest BCUT2D eigenvalue weighted by Crippen LogP contribution is 2.24. The lowest BCUT2D eigenvalue weighted by molar-refractivity contribution is 0.547. The molecular weight excluding hydrogens is 233 g/mol. The van der Waals surface area contributed by atoms with Gasteiger partial charge >= 0.3 is 0 Å². The Morgan fingerprint density at radius 2 is 2.07 bits per heavy atom. The summed E-state index contributed by atoms with van der Waals surface area (Å²) in [6, 6.07) is 7.72. The van der Waals surface area contributed by atoms with Gasteiger partial charge in [-0.05, 0) is 25.5 Å². The summed E-state index contributed by atoms with van der Waals surface area (Å²) in [5.74, 6) is 0. The zero-order valence-electron chi connectivity index (χ0n) is 8.27. The highest BCUT2D eigenvalue weighted by Gasteiger charge is 2.14. The first-order chi connectivity index (χ1) is 7.18. The monoisotopic (exact) mass is 243 g/mol. The van der Waals surface area contributed by atoms with E-state index in [0.717, 1.165) is 11.0 Å². The van der Waals surface area contributed by atoms with Gasteiger partial charge in [0.05, 0.1) is 5.52 Å². The number of benzene rings is 1. The molecule has 80 valence electrons. The first-order valence-corrected chi connectivity index (χ1v) is 5.64. The molecule has 2 unspecified atom stereocenters. The van der Waals surface area contributed by atoms with E-state index in [1.807, 2.05) is 31.2 Å². The molecule has 0 amide bonds. The Morgan fingerprint density at radius 1 is 1.33 bits per heavy atom. The van der Waals surface area contributed by atoms with Gasteiger partial charge in [0, 0.05) is 5.38 Å². The summed E-state index contributed by atoms with van der Waals surface area (Å²) in [6.45, 7) is 1.91. The van der Waals surface area contributed by atoms with Gasteiger partial charge in [0.15, 0.2) is 0 Å². The van der Waals surface area contributed by atoms with E-state index in [0.29, 0.717) is 6.42 Å². The fourth-order valence-electron chi connectivity index (χ4n) is 1.46. The molecule has 3 nitrogen and oxygen atoms in total. The van der Waals surface area contributed by atoms with E-state index in [1.54, 1.807) is 4.68 Å². The van der Waals surface area contributed by atoms with Crippen molar-refractivity contribution in [1.29, 1.82) is 0 Å². The van der Waals surface area contributed by atoms with Crippen molar-refractivity contribution in [2.45, 2.75) is 24.2 Å². The van der Waals surface area contributed by atoms with Crippen LogP contribution in [0.5, 0.6) is 0 Å². The number of rotatable bonds is 3. The van der Waals surface area contributed by atoms with Gasteiger partial charge in [-0.2, -0.15) is 0 Å². The summed E-state index contributed by atoms with van der Waals surface area (Å²) in [5, 5.41) is 8.08. The quantitative estimate of drug-likeness (QED) is 0.776. The third-order valence-electron chi connectivity index (χ3n) is 2.16. The summed E-state index contributed by atoms with van der Waals surface area (Å²) in [4.78, 5) is 0. The highest BCUT2D eigenvalue weighted by molar-refractivity contribution is 6.22. The minimum atomic E-state index is -0.245. The molecular formula is C10H11Cl2N3. The Balaban J connectivity index is 2.35. The molecule has 1 heterocycles. The summed E-state index contributed by atoms with van der Waals surface area (Å²) in [5.41, 5.74) is 1.55. The number of alkyl halides is 2. The molecule has 0 saturated carbocycles. The van der Waals surface area contributed by atoms with E-state index in [9.17, 15) is 0 Å². The van der Waals surface area contributed by atoms with E-state index in [1.165, 1.54) is 0 Å². The molecule has 0 radical (unpaired) electrons. The Kier molecular flexibility index (Phi) is 3.12. The van der Waals surface area contributed by atoms with Crippen molar-refractivity contribution >= 4 is 34.2 Å². The van der Waals surface area contributed by atoms with E-state index in [2.05, 4.69) is 10.3 Å². The average Bonchev–Trinajstić information content (AvgIpc) is 2.59. The standard InChI is InChI=1S/C10H11Cl2N3/c1-7(11)6-10(12)15-9-5-3-2-4-8(9)13-14-15/h2-5,7,10H,6H2,1H3. The number of para-hydroxylation sites is 1. The van der Waals surface area contributed by atoms with Gasteiger partial charge in [-0.25, -0.2) is 4.68 Å². The first-order valence-electron chi connectivity index (χ1n) is 4.76. The van der Waals surface area contributed by atoms with Gasteiger partial charge in [0.1, 0.15) is 11.0 Å². The van der Waals surface area contributed by atoms with Crippen molar-refractivity contribution in [2.24, 2.45) is 0 Å². The van der Waals surface area contributed by atoms with Crippen LogP contribution < -0.4 is 0 Å². The maximum absolute atomic E-state index is 6.20. The molecule has 2 aromatic rings. The van der Waals surface area contributed by atoms with Crippen LogP contribution in [0.25, 0.3) is 11.0 Å². The van der Waals surface area contributed by atoms with Crippen molar-refractivity contribution in [2.75, 3.05) is 0 Å². The van der Waals surface area contributed by atoms with Crippen LogP contribution in [0.4, 0.5) is 0 Å². The zero-order chi connectivity index (χ0) is 10.8. The van der Waals surface area contributed by atoms with Crippen LogP contribution in [-0.2, 0) is 0 Å². The molecule has 15 heavy (non-hydrogen) atoms. The van der Waals surface area contributed by atoms with Crippen molar-refractivity contribution < 1.29 is 0 Å². The molecule has 0 N–H and O–H groups in total. The topological polar surface area (TPSA) is 30.7 Å². The minimum absolute atomic E-state index is 0.0236. The van der Waals surface area contributed by atoms with Gasteiger partial charge in [0.25, 0.3) is 0 Å². The van der Waals surface area contributed by atoms with Crippen molar-refractivity contribution in [3.05, 3.63) is 24.3 Å². The van der Waals surface area contributed by atoms with E-state index in [-0.39, 0.29) is 10.9 Å². The molecule has 2 rings (SSSR count). The molecule has 0 aliphatic carbocycles. The molecule has 0 bridgehead atoms. The lowest BCUT2D eigenvalue weighted by atomic mass is 10.3. The lowest BCUT2D eigenvalue weighted by Crippen LogP contribution is -2.08. The van der Waals surface area contributed by atoms with Crippen LogP contribution in [0.1, 0.15) is 18.8 Å².